The molecule has 1 aromatic rings. The number of nitrogens with zero attached hydrogens (tertiary/aromatic N) is 2. The quantitative estimate of drug-likeness (QED) is 0.839. The van der Waals surface area contributed by atoms with Crippen LogP contribution in [0.5, 0.6) is 0 Å². The lowest BCUT2D eigenvalue weighted by atomic mass is 9.82. The Balaban J connectivity index is 1.79. The maximum atomic E-state index is 12.1. The summed E-state index contributed by atoms with van der Waals surface area (Å²) in [7, 11) is 0. The maximum absolute atomic E-state index is 12.1. The minimum atomic E-state index is -0.697. The van der Waals surface area contributed by atoms with Crippen molar-refractivity contribution >= 4 is 23.4 Å². The number of aryl methyl sites for hydroxylation is 1. The summed E-state index contributed by atoms with van der Waals surface area (Å²) >= 11 is 1.14. The van der Waals surface area contributed by atoms with Gasteiger partial charge in [-0.2, -0.15) is 0 Å². The highest BCUT2D eigenvalue weighted by molar-refractivity contribution is 7.08. The first-order valence-electron chi connectivity index (χ1n) is 7.44. The summed E-state index contributed by atoms with van der Waals surface area (Å²) in [4.78, 5) is 23.6. The Bertz CT molecular complexity index is 495. The van der Waals surface area contributed by atoms with Crippen molar-refractivity contribution in [1.82, 2.24) is 14.9 Å². The van der Waals surface area contributed by atoms with Gasteiger partial charge in [-0.3, -0.25) is 9.59 Å². The van der Waals surface area contributed by atoms with Crippen molar-refractivity contribution in [2.75, 3.05) is 6.54 Å². The van der Waals surface area contributed by atoms with E-state index in [9.17, 15) is 9.59 Å². The number of hydrogen-bond donors (Lipinski definition) is 2. The standard InChI is InChI=1S/C14H21N3O3S/c1-2-3-11-12(21-17-16-11)13(18)15-8-9-4-6-10(7-5-9)14(19)20/h9-10H,2-8H2,1H3,(H,15,18)(H,19,20). The summed E-state index contributed by atoms with van der Waals surface area (Å²) in [6.07, 6.45) is 4.84. The number of nitrogens with one attached hydrogen (secondary N) is 1. The summed E-state index contributed by atoms with van der Waals surface area (Å²) in [6.45, 7) is 2.65. The summed E-state index contributed by atoms with van der Waals surface area (Å²) in [5.41, 5.74) is 0.773. The van der Waals surface area contributed by atoms with E-state index in [4.69, 9.17) is 5.11 Å². The molecule has 1 saturated carbocycles. The fourth-order valence-electron chi connectivity index (χ4n) is 2.71. The van der Waals surface area contributed by atoms with Crippen molar-refractivity contribution in [3.8, 4) is 0 Å². The van der Waals surface area contributed by atoms with Gasteiger partial charge in [0.2, 0.25) is 0 Å². The van der Waals surface area contributed by atoms with Crippen molar-refractivity contribution in [2.45, 2.75) is 45.4 Å². The molecule has 2 rings (SSSR count). The highest BCUT2D eigenvalue weighted by Gasteiger charge is 2.26. The van der Waals surface area contributed by atoms with Crippen molar-refractivity contribution in [3.05, 3.63) is 10.6 Å². The van der Waals surface area contributed by atoms with Crippen molar-refractivity contribution in [3.63, 3.8) is 0 Å². The Kier molecular flexibility index (Phi) is 5.67. The predicted molar refractivity (Wildman–Crippen MR) is 79.3 cm³/mol. The minimum Gasteiger partial charge on any atom is -0.481 e. The van der Waals surface area contributed by atoms with Gasteiger partial charge in [-0.25, -0.2) is 0 Å². The van der Waals surface area contributed by atoms with Gasteiger partial charge in [-0.1, -0.05) is 17.8 Å². The van der Waals surface area contributed by atoms with E-state index >= 15 is 0 Å². The van der Waals surface area contributed by atoms with Gasteiger partial charge in [0.05, 0.1) is 11.6 Å². The van der Waals surface area contributed by atoms with Gasteiger partial charge < -0.3 is 10.4 Å². The normalized spacial score (nSPS) is 22.0. The van der Waals surface area contributed by atoms with Crippen LogP contribution in [0.3, 0.4) is 0 Å². The number of carboxylic acid groups (broad SMARTS) is 1. The molecule has 1 fully saturated rings. The molecule has 21 heavy (non-hydrogen) atoms. The van der Waals surface area contributed by atoms with Crippen molar-refractivity contribution in [1.29, 1.82) is 0 Å². The Morgan fingerprint density at radius 1 is 1.33 bits per heavy atom. The molecule has 0 saturated heterocycles. The zero-order chi connectivity index (χ0) is 15.2. The van der Waals surface area contributed by atoms with Gasteiger partial charge in [0, 0.05) is 6.54 Å². The lowest BCUT2D eigenvalue weighted by Gasteiger charge is -2.26. The van der Waals surface area contributed by atoms with E-state index in [1.165, 1.54) is 0 Å². The highest BCUT2D eigenvalue weighted by Crippen LogP contribution is 2.28. The van der Waals surface area contributed by atoms with Gasteiger partial charge >= 0.3 is 5.97 Å². The molecule has 1 aliphatic rings. The third-order valence-electron chi connectivity index (χ3n) is 4.00. The highest BCUT2D eigenvalue weighted by atomic mass is 32.1. The van der Waals surface area contributed by atoms with Crippen molar-refractivity contribution < 1.29 is 14.7 Å². The molecule has 0 atom stereocenters. The predicted octanol–water partition coefficient (Wildman–Crippen LogP) is 2.11. The van der Waals surface area contributed by atoms with Crippen LogP contribution in [-0.2, 0) is 11.2 Å². The first-order chi connectivity index (χ1) is 10.1. The lowest BCUT2D eigenvalue weighted by Crippen LogP contribution is -2.32. The minimum absolute atomic E-state index is 0.103. The first kappa shape index (κ1) is 15.9. The monoisotopic (exact) mass is 311 g/mol. The van der Waals surface area contributed by atoms with E-state index in [1.807, 2.05) is 6.92 Å². The molecule has 1 aliphatic carbocycles. The molecular formula is C14H21N3O3S. The number of rotatable bonds is 6. The Morgan fingerprint density at radius 2 is 2.05 bits per heavy atom. The van der Waals surface area contributed by atoms with Gasteiger partial charge in [0.15, 0.2) is 0 Å². The molecule has 116 valence electrons. The van der Waals surface area contributed by atoms with E-state index in [-0.39, 0.29) is 11.8 Å². The van der Waals surface area contributed by atoms with Crippen LogP contribution in [0.1, 0.15) is 54.4 Å². The van der Waals surface area contributed by atoms with E-state index in [1.54, 1.807) is 0 Å². The molecule has 0 aliphatic heterocycles. The lowest BCUT2D eigenvalue weighted by molar-refractivity contribution is -0.143. The summed E-state index contributed by atoms with van der Waals surface area (Å²) in [6, 6.07) is 0. The van der Waals surface area contributed by atoms with Crippen molar-refractivity contribution in [2.24, 2.45) is 11.8 Å². The van der Waals surface area contributed by atoms with E-state index in [2.05, 4.69) is 14.9 Å². The topological polar surface area (TPSA) is 92.2 Å². The fourth-order valence-corrected chi connectivity index (χ4v) is 3.34. The van der Waals surface area contributed by atoms with Crippen LogP contribution in [0.4, 0.5) is 0 Å². The molecular weight excluding hydrogens is 290 g/mol. The second-order valence-corrected chi connectivity index (χ2v) is 6.32. The summed E-state index contributed by atoms with van der Waals surface area (Å²) < 4.78 is 3.85. The molecule has 7 heteroatoms. The molecule has 0 radical (unpaired) electrons. The summed E-state index contributed by atoms with van der Waals surface area (Å²) in [5.74, 6) is -0.634. The molecule has 2 N–H and O–H groups in total. The number of aliphatic carboxylic acids is 1. The molecule has 6 nitrogen and oxygen atoms in total. The van der Waals surface area contributed by atoms with Crippen LogP contribution in [0, 0.1) is 11.8 Å². The SMILES string of the molecule is CCCc1nnsc1C(=O)NCC1CCC(C(=O)O)CC1. The number of carbonyl (C=O) groups excluding carboxylic acids is 1. The van der Waals surface area contributed by atoms with Gasteiger partial charge in [-0.05, 0) is 49.6 Å². The van der Waals surface area contributed by atoms with Crippen LogP contribution in [0.2, 0.25) is 0 Å². The van der Waals surface area contributed by atoms with Gasteiger partial charge in [0.25, 0.3) is 5.91 Å². The zero-order valence-corrected chi connectivity index (χ0v) is 13.0. The zero-order valence-electron chi connectivity index (χ0n) is 12.2. The number of carbonyl (C=O) groups is 2. The molecule has 0 bridgehead atoms. The Labute approximate surface area is 128 Å². The molecule has 0 spiro atoms. The molecule has 1 aromatic heterocycles. The first-order valence-corrected chi connectivity index (χ1v) is 8.21. The van der Waals surface area contributed by atoms with Crippen LogP contribution in [0.25, 0.3) is 0 Å². The number of aromatic nitrogens is 2. The number of carboxylic acids is 1. The van der Waals surface area contributed by atoms with Crippen LogP contribution >= 0.6 is 11.5 Å². The molecule has 1 heterocycles. The second kappa shape index (κ2) is 7.49. The van der Waals surface area contributed by atoms with E-state index in [0.29, 0.717) is 30.2 Å². The third kappa shape index (κ3) is 4.23. The van der Waals surface area contributed by atoms with Crippen LogP contribution in [0.15, 0.2) is 0 Å². The largest absolute Gasteiger partial charge is 0.481 e. The Hall–Kier alpha value is -1.50. The second-order valence-electron chi connectivity index (χ2n) is 5.56. The average Bonchev–Trinajstić information content (AvgIpc) is 2.94. The van der Waals surface area contributed by atoms with Gasteiger partial charge in [0.1, 0.15) is 4.88 Å². The fraction of sp³-hybridized carbons (Fsp3) is 0.714. The number of amides is 1. The van der Waals surface area contributed by atoms with E-state index in [0.717, 1.165) is 42.9 Å². The van der Waals surface area contributed by atoms with Crippen LogP contribution < -0.4 is 5.32 Å². The van der Waals surface area contributed by atoms with E-state index < -0.39 is 5.97 Å². The smallest absolute Gasteiger partial charge is 0.306 e. The molecule has 0 unspecified atom stereocenters. The number of hydrogen-bond acceptors (Lipinski definition) is 5. The molecule has 0 aromatic carbocycles. The maximum Gasteiger partial charge on any atom is 0.306 e. The summed E-state index contributed by atoms with van der Waals surface area (Å²) in [5, 5.41) is 15.9. The van der Waals surface area contributed by atoms with Crippen LogP contribution in [-0.4, -0.2) is 33.1 Å². The molecule has 1 amide bonds. The average molecular weight is 311 g/mol. The van der Waals surface area contributed by atoms with Gasteiger partial charge in [-0.15, -0.1) is 5.10 Å². The third-order valence-corrected chi connectivity index (χ3v) is 4.76. The Morgan fingerprint density at radius 3 is 2.67 bits per heavy atom.